The summed E-state index contributed by atoms with van der Waals surface area (Å²) in [6.07, 6.45) is 0.939. The van der Waals surface area contributed by atoms with Crippen molar-refractivity contribution in [2.75, 3.05) is 5.32 Å². The molecule has 0 aromatic heterocycles. The molecule has 0 saturated carbocycles. The number of nitrogens with one attached hydrogen (secondary N) is 1. The van der Waals surface area contributed by atoms with Crippen molar-refractivity contribution in [1.82, 2.24) is 0 Å². The Kier molecular flexibility index (Phi) is 6.93. The van der Waals surface area contributed by atoms with Crippen LogP contribution in [-0.2, 0) is 17.0 Å². The van der Waals surface area contributed by atoms with Crippen molar-refractivity contribution in [2.45, 2.75) is 19.1 Å². The third kappa shape index (κ3) is 5.28. The maximum Gasteiger partial charge on any atom is 0.262 e. The number of hydrogen-bond acceptors (Lipinski definition) is 4. The Morgan fingerprint density at radius 1 is 1.24 bits per heavy atom. The zero-order valence-corrected chi connectivity index (χ0v) is 15.3. The molecule has 25 heavy (non-hydrogen) atoms. The minimum atomic E-state index is -0.762. The van der Waals surface area contributed by atoms with Crippen molar-refractivity contribution in [1.29, 1.82) is 5.26 Å². The summed E-state index contributed by atoms with van der Waals surface area (Å²) in [4.78, 5) is 11.6. The number of nitrogens with zero attached hydrogens (tertiary/aromatic N) is 1. The standard InChI is InChI=1S/C19H18ClN3OS/c1-2-13-7-9-15(10-8-13)23-19(16(11-21)18(22)24)25-12-14-5-3-4-6-17(14)20/h3-10,23H,2,12H2,1H3,(H2,22,24)/b19-16+. The lowest BCUT2D eigenvalue weighted by Crippen LogP contribution is -2.16. The van der Waals surface area contributed by atoms with E-state index < -0.39 is 5.91 Å². The van der Waals surface area contributed by atoms with E-state index in [0.717, 1.165) is 17.7 Å². The lowest BCUT2D eigenvalue weighted by Gasteiger charge is -2.13. The number of nitrogens with two attached hydrogens (primary N) is 1. The summed E-state index contributed by atoms with van der Waals surface area (Å²) < 4.78 is 0. The van der Waals surface area contributed by atoms with Gasteiger partial charge in [-0.15, -0.1) is 11.8 Å². The van der Waals surface area contributed by atoms with E-state index in [1.165, 1.54) is 17.3 Å². The lowest BCUT2D eigenvalue weighted by molar-refractivity contribution is -0.114. The summed E-state index contributed by atoms with van der Waals surface area (Å²) >= 11 is 7.49. The van der Waals surface area contributed by atoms with E-state index in [-0.39, 0.29) is 5.57 Å². The number of anilines is 1. The van der Waals surface area contributed by atoms with Crippen LogP contribution in [0.1, 0.15) is 18.1 Å². The molecule has 0 aliphatic rings. The molecular weight excluding hydrogens is 354 g/mol. The van der Waals surface area contributed by atoms with Gasteiger partial charge in [-0.25, -0.2) is 0 Å². The zero-order valence-electron chi connectivity index (χ0n) is 13.8. The van der Waals surface area contributed by atoms with Gasteiger partial charge in [0.2, 0.25) is 0 Å². The average Bonchev–Trinajstić information content (AvgIpc) is 2.61. The van der Waals surface area contributed by atoms with E-state index in [1.54, 1.807) is 6.07 Å². The van der Waals surface area contributed by atoms with Gasteiger partial charge < -0.3 is 11.1 Å². The number of carbonyl (C=O) groups excluding carboxylic acids is 1. The molecule has 128 valence electrons. The van der Waals surface area contributed by atoms with Gasteiger partial charge in [0.15, 0.2) is 0 Å². The number of thioether (sulfide) groups is 1. The third-order valence-corrected chi connectivity index (χ3v) is 4.95. The van der Waals surface area contributed by atoms with E-state index >= 15 is 0 Å². The molecule has 3 N–H and O–H groups in total. The van der Waals surface area contributed by atoms with E-state index in [2.05, 4.69) is 12.2 Å². The molecule has 6 heteroatoms. The van der Waals surface area contributed by atoms with Crippen molar-refractivity contribution in [3.05, 3.63) is 75.3 Å². The highest BCUT2D eigenvalue weighted by Gasteiger charge is 2.14. The molecule has 2 aromatic carbocycles. The van der Waals surface area contributed by atoms with Crippen LogP contribution in [0.25, 0.3) is 0 Å². The van der Waals surface area contributed by atoms with Gasteiger partial charge in [-0.1, -0.05) is 48.9 Å². The smallest absolute Gasteiger partial charge is 0.262 e. The molecule has 0 fully saturated rings. The fourth-order valence-electron chi connectivity index (χ4n) is 2.11. The summed E-state index contributed by atoms with van der Waals surface area (Å²) in [6.45, 7) is 2.08. The number of halogens is 1. The minimum Gasteiger partial charge on any atom is -0.365 e. The van der Waals surface area contributed by atoms with Crippen LogP contribution in [0.5, 0.6) is 0 Å². The summed E-state index contributed by atoms with van der Waals surface area (Å²) in [6, 6.07) is 17.1. The highest BCUT2D eigenvalue weighted by Crippen LogP contribution is 2.29. The van der Waals surface area contributed by atoms with Crippen LogP contribution in [-0.4, -0.2) is 5.91 Å². The molecule has 0 bridgehead atoms. The van der Waals surface area contributed by atoms with Gasteiger partial charge >= 0.3 is 0 Å². The van der Waals surface area contributed by atoms with Gasteiger partial charge in [0, 0.05) is 16.5 Å². The van der Waals surface area contributed by atoms with E-state index in [9.17, 15) is 10.1 Å². The van der Waals surface area contributed by atoms with Crippen molar-refractivity contribution >= 4 is 35.0 Å². The van der Waals surface area contributed by atoms with Crippen molar-refractivity contribution in [2.24, 2.45) is 5.73 Å². The second-order valence-corrected chi connectivity index (χ2v) is 6.63. The maximum atomic E-state index is 11.6. The molecular formula is C19H18ClN3OS. The molecule has 0 spiro atoms. The minimum absolute atomic E-state index is 0.100. The monoisotopic (exact) mass is 371 g/mol. The van der Waals surface area contributed by atoms with Crippen LogP contribution >= 0.6 is 23.4 Å². The maximum absolute atomic E-state index is 11.6. The molecule has 0 radical (unpaired) electrons. The Hall–Kier alpha value is -2.42. The van der Waals surface area contributed by atoms with Gasteiger partial charge in [-0.3, -0.25) is 4.79 Å². The highest BCUT2D eigenvalue weighted by atomic mass is 35.5. The Balaban J connectivity index is 2.26. The molecule has 4 nitrogen and oxygen atoms in total. The molecule has 0 aliphatic heterocycles. The van der Waals surface area contributed by atoms with Crippen LogP contribution in [0.15, 0.2) is 59.1 Å². The Morgan fingerprint density at radius 3 is 2.48 bits per heavy atom. The van der Waals surface area contributed by atoms with Crippen molar-refractivity contribution in [3.63, 3.8) is 0 Å². The summed E-state index contributed by atoms with van der Waals surface area (Å²) in [7, 11) is 0. The van der Waals surface area contributed by atoms with Crippen LogP contribution < -0.4 is 11.1 Å². The lowest BCUT2D eigenvalue weighted by atomic mass is 10.1. The number of hydrogen-bond donors (Lipinski definition) is 2. The fraction of sp³-hybridized carbons (Fsp3) is 0.158. The molecule has 2 rings (SSSR count). The second kappa shape index (κ2) is 9.16. The third-order valence-electron chi connectivity index (χ3n) is 3.54. The summed E-state index contributed by atoms with van der Waals surface area (Å²) in [5, 5.41) is 13.5. The highest BCUT2D eigenvalue weighted by molar-refractivity contribution is 8.02. The first-order chi connectivity index (χ1) is 12.0. The molecule has 0 aliphatic carbocycles. The second-order valence-electron chi connectivity index (χ2n) is 5.24. The zero-order chi connectivity index (χ0) is 18.2. The first kappa shape index (κ1) is 18.9. The predicted molar refractivity (Wildman–Crippen MR) is 104 cm³/mol. The molecule has 0 unspecified atom stereocenters. The number of aryl methyl sites for hydroxylation is 1. The number of carbonyl (C=O) groups is 1. The SMILES string of the molecule is CCc1ccc(N/C(SCc2ccccc2Cl)=C(/C#N)C(N)=O)cc1. The Bertz CT molecular complexity index is 825. The summed E-state index contributed by atoms with van der Waals surface area (Å²) in [5.41, 5.74) is 8.15. The van der Waals surface area contributed by atoms with Gasteiger partial charge in [0.1, 0.15) is 11.6 Å². The topological polar surface area (TPSA) is 78.9 Å². The average molecular weight is 372 g/mol. The number of rotatable bonds is 7. The summed E-state index contributed by atoms with van der Waals surface area (Å²) in [5.74, 6) is -0.255. The van der Waals surface area contributed by atoms with E-state index in [1.807, 2.05) is 48.5 Å². The number of amides is 1. The van der Waals surface area contributed by atoms with Crippen LogP contribution in [0, 0.1) is 11.3 Å². The van der Waals surface area contributed by atoms with Crippen molar-refractivity contribution < 1.29 is 4.79 Å². The Morgan fingerprint density at radius 2 is 1.92 bits per heavy atom. The molecule has 0 saturated heterocycles. The number of benzene rings is 2. The van der Waals surface area contributed by atoms with Crippen LogP contribution in [0.4, 0.5) is 5.69 Å². The van der Waals surface area contributed by atoms with Gasteiger partial charge in [-0.2, -0.15) is 5.26 Å². The van der Waals surface area contributed by atoms with Gasteiger partial charge in [-0.05, 0) is 35.7 Å². The Labute approximate surface area is 156 Å². The molecule has 0 heterocycles. The van der Waals surface area contributed by atoms with Crippen molar-refractivity contribution in [3.8, 4) is 6.07 Å². The number of nitriles is 1. The number of primary amides is 1. The van der Waals surface area contributed by atoms with Crippen LogP contribution in [0.3, 0.4) is 0 Å². The van der Waals surface area contributed by atoms with Gasteiger partial charge in [0.05, 0.1) is 5.03 Å². The quantitative estimate of drug-likeness (QED) is 0.556. The largest absolute Gasteiger partial charge is 0.365 e. The molecule has 2 aromatic rings. The van der Waals surface area contributed by atoms with Gasteiger partial charge in [0.25, 0.3) is 5.91 Å². The predicted octanol–water partition coefficient (Wildman–Crippen LogP) is 4.47. The molecule has 0 atom stereocenters. The first-order valence-corrected chi connectivity index (χ1v) is 9.07. The first-order valence-electron chi connectivity index (χ1n) is 7.71. The normalized spacial score (nSPS) is 11.4. The molecule has 1 amide bonds. The fourth-order valence-corrected chi connectivity index (χ4v) is 3.42. The van der Waals surface area contributed by atoms with Crippen LogP contribution in [0.2, 0.25) is 5.02 Å². The van der Waals surface area contributed by atoms with E-state index in [0.29, 0.717) is 15.8 Å². The van der Waals surface area contributed by atoms with E-state index in [4.69, 9.17) is 17.3 Å².